The molecular weight excluding hydrogens is 464 g/mol. The van der Waals surface area contributed by atoms with Gasteiger partial charge >= 0.3 is 5.97 Å². The summed E-state index contributed by atoms with van der Waals surface area (Å²) in [6.07, 6.45) is 0. The number of aromatic amines is 1. The Labute approximate surface area is 206 Å². The lowest BCUT2D eigenvalue weighted by Gasteiger charge is -2.20. The largest absolute Gasteiger partial charge is 0.493 e. The van der Waals surface area contributed by atoms with Crippen molar-refractivity contribution in [2.45, 2.75) is 13.5 Å². The van der Waals surface area contributed by atoms with E-state index in [9.17, 15) is 14.4 Å². The van der Waals surface area contributed by atoms with Crippen molar-refractivity contribution in [3.63, 3.8) is 0 Å². The Bertz CT molecular complexity index is 1560. The average molecular weight is 491 g/mol. The molecule has 0 atom stereocenters. The number of carbonyl (C=O) groups is 1. The van der Waals surface area contributed by atoms with Crippen molar-refractivity contribution in [1.29, 1.82) is 0 Å². The van der Waals surface area contributed by atoms with Crippen LogP contribution in [0.5, 0.6) is 17.2 Å². The molecule has 0 aliphatic rings. The molecule has 0 radical (unpaired) electrons. The third-order valence-electron chi connectivity index (χ3n) is 5.98. The first-order valence-corrected chi connectivity index (χ1v) is 11.1. The summed E-state index contributed by atoms with van der Waals surface area (Å²) >= 11 is 0. The molecule has 4 aromatic rings. The van der Waals surface area contributed by atoms with Crippen molar-refractivity contribution < 1.29 is 23.7 Å². The highest BCUT2D eigenvalue weighted by Crippen LogP contribution is 2.43. The van der Waals surface area contributed by atoms with Gasteiger partial charge in [0.25, 0.3) is 11.1 Å². The summed E-state index contributed by atoms with van der Waals surface area (Å²) in [5.74, 6) is 0.399. The molecular formula is C27H26N2O7. The molecule has 36 heavy (non-hydrogen) atoms. The first kappa shape index (κ1) is 24.6. The highest BCUT2D eigenvalue weighted by Gasteiger charge is 2.26. The fraction of sp³-hybridized carbons (Fsp3) is 0.222. The quantitative estimate of drug-likeness (QED) is 0.395. The smallest absolute Gasteiger partial charge is 0.355 e. The van der Waals surface area contributed by atoms with Gasteiger partial charge in [0.1, 0.15) is 5.69 Å². The van der Waals surface area contributed by atoms with E-state index in [1.54, 1.807) is 55.5 Å². The van der Waals surface area contributed by atoms with Gasteiger partial charge < -0.3 is 23.9 Å². The number of aryl methyl sites for hydroxylation is 1. The molecule has 2 aromatic heterocycles. The number of H-pyrrole nitrogens is 1. The zero-order valence-corrected chi connectivity index (χ0v) is 20.6. The summed E-state index contributed by atoms with van der Waals surface area (Å²) in [5.41, 5.74) is 1.19. The minimum absolute atomic E-state index is 0.00421. The maximum atomic E-state index is 13.7. The maximum Gasteiger partial charge on any atom is 0.355 e. The zero-order valence-electron chi connectivity index (χ0n) is 20.6. The van der Waals surface area contributed by atoms with Gasteiger partial charge in [0.2, 0.25) is 5.75 Å². The lowest BCUT2D eigenvalue weighted by Crippen LogP contribution is -2.30. The van der Waals surface area contributed by atoms with Crippen molar-refractivity contribution in [2.24, 2.45) is 0 Å². The zero-order chi connectivity index (χ0) is 26.0. The van der Waals surface area contributed by atoms with Crippen molar-refractivity contribution in [3.8, 4) is 28.4 Å². The molecule has 4 rings (SSSR count). The Morgan fingerprint density at radius 2 is 1.53 bits per heavy atom. The summed E-state index contributed by atoms with van der Waals surface area (Å²) in [6, 6.07) is 13.7. The molecule has 0 spiro atoms. The number of pyridine rings is 2. The predicted octanol–water partition coefficient (Wildman–Crippen LogP) is 3.53. The SMILES string of the molecule is COC(=O)c1c(-c2cc(OC)c(OC)c(OC)c2)c2ccccc2c(=O)n1Cc1ccc(C)[nH]c1=O. The number of ether oxygens (including phenoxy) is 4. The summed E-state index contributed by atoms with van der Waals surface area (Å²) in [4.78, 5) is 42.2. The summed E-state index contributed by atoms with van der Waals surface area (Å²) < 4.78 is 22.9. The second-order valence-corrected chi connectivity index (χ2v) is 8.06. The van der Waals surface area contributed by atoms with Gasteiger partial charge in [0, 0.05) is 22.2 Å². The molecule has 0 amide bonds. The second-order valence-electron chi connectivity index (χ2n) is 8.06. The minimum atomic E-state index is -0.731. The third kappa shape index (κ3) is 4.19. The molecule has 1 N–H and O–H groups in total. The van der Waals surface area contributed by atoms with Crippen LogP contribution in [0.3, 0.4) is 0 Å². The maximum absolute atomic E-state index is 13.7. The number of nitrogens with zero attached hydrogens (tertiary/aromatic N) is 1. The van der Waals surface area contributed by atoms with E-state index in [-0.39, 0.29) is 17.8 Å². The van der Waals surface area contributed by atoms with E-state index in [1.807, 2.05) is 0 Å². The number of hydrogen-bond acceptors (Lipinski definition) is 7. The Kier molecular flexibility index (Phi) is 6.82. The molecule has 9 nitrogen and oxygen atoms in total. The van der Waals surface area contributed by atoms with Crippen molar-refractivity contribution in [2.75, 3.05) is 28.4 Å². The van der Waals surface area contributed by atoms with E-state index in [0.717, 1.165) is 0 Å². The standard InChI is InChI=1S/C27H26N2O7/c1-15-10-11-16(25(30)28-15)14-29-23(27(32)36-5)22(18-8-6-7-9-19(18)26(29)31)17-12-20(33-2)24(35-4)21(13-17)34-3/h6-13H,14H2,1-5H3,(H,28,30). The number of benzene rings is 2. The molecule has 0 saturated carbocycles. The second kappa shape index (κ2) is 9.99. The van der Waals surface area contributed by atoms with Crippen LogP contribution in [0.1, 0.15) is 21.7 Å². The number of esters is 1. The lowest BCUT2D eigenvalue weighted by atomic mass is 9.95. The third-order valence-corrected chi connectivity index (χ3v) is 5.98. The van der Waals surface area contributed by atoms with Crippen LogP contribution < -0.4 is 25.3 Å². The number of hydrogen-bond donors (Lipinski definition) is 1. The minimum Gasteiger partial charge on any atom is -0.493 e. The van der Waals surface area contributed by atoms with Gasteiger partial charge in [-0.15, -0.1) is 0 Å². The molecule has 0 bridgehead atoms. The van der Waals surface area contributed by atoms with E-state index in [0.29, 0.717) is 50.4 Å². The highest BCUT2D eigenvalue weighted by atomic mass is 16.5. The topological polar surface area (TPSA) is 109 Å². The molecule has 0 aliphatic heterocycles. The highest BCUT2D eigenvalue weighted by molar-refractivity contribution is 6.07. The van der Waals surface area contributed by atoms with Gasteiger partial charge in [-0.1, -0.05) is 18.2 Å². The molecule has 2 aromatic carbocycles. The molecule has 0 unspecified atom stereocenters. The first-order chi connectivity index (χ1) is 17.3. The van der Waals surface area contributed by atoms with Gasteiger partial charge in [-0.25, -0.2) is 4.79 Å². The molecule has 2 heterocycles. The van der Waals surface area contributed by atoms with E-state index in [2.05, 4.69) is 4.98 Å². The first-order valence-electron chi connectivity index (χ1n) is 11.1. The molecule has 9 heteroatoms. The number of rotatable bonds is 7. The van der Waals surface area contributed by atoms with Gasteiger partial charge in [-0.05, 0) is 48.2 Å². The summed E-state index contributed by atoms with van der Waals surface area (Å²) in [7, 11) is 5.72. The van der Waals surface area contributed by atoms with Crippen molar-refractivity contribution >= 4 is 16.7 Å². The molecule has 0 fully saturated rings. The van der Waals surface area contributed by atoms with E-state index in [1.165, 1.54) is 33.0 Å². The van der Waals surface area contributed by atoms with E-state index < -0.39 is 11.5 Å². The van der Waals surface area contributed by atoms with Crippen LogP contribution in [0.25, 0.3) is 21.9 Å². The number of carbonyl (C=O) groups excluding carboxylic acids is 1. The monoisotopic (exact) mass is 490 g/mol. The Morgan fingerprint density at radius 1 is 0.889 bits per heavy atom. The van der Waals surface area contributed by atoms with Crippen LogP contribution in [0.15, 0.2) is 58.1 Å². The van der Waals surface area contributed by atoms with Crippen LogP contribution in [-0.2, 0) is 11.3 Å². The van der Waals surface area contributed by atoms with Crippen LogP contribution in [0, 0.1) is 6.92 Å². The Morgan fingerprint density at radius 3 is 2.08 bits per heavy atom. The number of nitrogens with one attached hydrogen (secondary N) is 1. The normalized spacial score (nSPS) is 10.8. The van der Waals surface area contributed by atoms with E-state index >= 15 is 0 Å². The average Bonchev–Trinajstić information content (AvgIpc) is 2.89. The predicted molar refractivity (Wildman–Crippen MR) is 136 cm³/mol. The molecule has 186 valence electrons. The Balaban J connectivity index is 2.15. The van der Waals surface area contributed by atoms with Crippen LogP contribution >= 0.6 is 0 Å². The summed E-state index contributed by atoms with van der Waals surface area (Å²) in [5, 5.41) is 0.906. The van der Waals surface area contributed by atoms with Crippen molar-refractivity contribution in [3.05, 3.63) is 86.2 Å². The van der Waals surface area contributed by atoms with Crippen molar-refractivity contribution in [1.82, 2.24) is 9.55 Å². The fourth-order valence-electron chi connectivity index (χ4n) is 4.27. The fourth-order valence-corrected chi connectivity index (χ4v) is 4.27. The van der Waals surface area contributed by atoms with E-state index in [4.69, 9.17) is 18.9 Å². The number of aromatic nitrogens is 2. The van der Waals surface area contributed by atoms with Crippen LogP contribution in [0.2, 0.25) is 0 Å². The van der Waals surface area contributed by atoms with Crippen LogP contribution in [0.4, 0.5) is 0 Å². The van der Waals surface area contributed by atoms with Gasteiger partial charge in [-0.3, -0.25) is 14.2 Å². The lowest BCUT2D eigenvalue weighted by molar-refractivity contribution is 0.0588. The van der Waals surface area contributed by atoms with Gasteiger partial charge in [0.15, 0.2) is 11.5 Å². The molecule has 0 saturated heterocycles. The van der Waals surface area contributed by atoms with Gasteiger partial charge in [0.05, 0.1) is 35.0 Å². The number of methoxy groups -OCH3 is 4. The van der Waals surface area contributed by atoms with Crippen LogP contribution in [-0.4, -0.2) is 44.0 Å². The molecule has 0 aliphatic carbocycles. The van der Waals surface area contributed by atoms with Gasteiger partial charge in [-0.2, -0.15) is 0 Å². The summed E-state index contributed by atoms with van der Waals surface area (Å²) in [6.45, 7) is 1.62. The number of fused-ring (bicyclic) bond motifs is 1. The Hall–Kier alpha value is -4.53.